The number of rotatable bonds is 0. The molecule has 0 amide bonds. The van der Waals surface area contributed by atoms with Crippen molar-refractivity contribution in [2.24, 2.45) is 0 Å². The number of fused-ring (bicyclic) bond motifs is 3. The SMILES string of the molecule is Clc1nc2c(c3ccccc13)[C@H](Cl)C2. The lowest BCUT2D eigenvalue weighted by Crippen LogP contribution is -2.15. The van der Waals surface area contributed by atoms with E-state index < -0.39 is 0 Å². The van der Waals surface area contributed by atoms with Crippen LogP contribution in [-0.4, -0.2) is 4.98 Å². The van der Waals surface area contributed by atoms with E-state index in [1.165, 1.54) is 0 Å². The molecule has 0 N–H and O–H groups in total. The van der Waals surface area contributed by atoms with Crippen LogP contribution in [0.5, 0.6) is 0 Å². The van der Waals surface area contributed by atoms with Crippen LogP contribution in [0.1, 0.15) is 16.6 Å². The molecule has 2 aromatic rings. The summed E-state index contributed by atoms with van der Waals surface area (Å²) >= 11 is 12.2. The summed E-state index contributed by atoms with van der Waals surface area (Å²) < 4.78 is 0. The van der Waals surface area contributed by atoms with Gasteiger partial charge in [0.05, 0.1) is 5.38 Å². The first-order chi connectivity index (χ1) is 6.77. The highest BCUT2D eigenvalue weighted by molar-refractivity contribution is 6.35. The van der Waals surface area contributed by atoms with Crippen LogP contribution in [0.4, 0.5) is 0 Å². The van der Waals surface area contributed by atoms with Gasteiger partial charge in [-0.25, -0.2) is 4.98 Å². The fourth-order valence-electron chi connectivity index (χ4n) is 1.94. The van der Waals surface area contributed by atoms with Gasteiger partial charge in [-0.1, -0.05) is 35.9 Å². The van der Waals surface area contributed by atoms with Crippen LogP contribution in [0, 0.1) is 0 Å². The summed E-state index contributed by atoms with van der Waals surface area (Å²) in [7, 11) is 0. The molecule has 1 heterocycles. The Kier molecular flexibility index (Phi) is 1.73. The van der Waals surface area contributed by atoms with E-state index in [4.69, 9.17) is 23.2 Å². The highest BCUT2D eigenvalue weighted by Gasteiger charge is 2.28. The summed E-state index contributed by atoms with van der Waals surface area (Å²) in [5.41, 5.74) is 2.21. The zero-order chi connectivity index (χ0) is 9.71. The van der Waals surface area contributed by atoms with Crippen molar-refractivity contribution in [3.8, 4) is 0 Å². The number of alkyl halides is 1. The van der Waals surface area contributed by atoms with Gasteiger partial charge in [0.25, 0.3) is 0 Å². The van der Waals surface area contributed by atoms with Crippen molar-refractivity contribution in [2.45, 2.75) is 11.8 Å². The number of halogens is 2. The van der Waals surface area contributed by atoms with Crippen LogP contribution in [0.25, 0.3) is 10.8 Å². The van der Waals surface area contributed by atoms with Gasteiger partial charge in [-0.15, -0.1) is 11.6 Å². The summed E-state index contributed by atoms with van der Waals surface area (Å²) in [6, 6.07) is 7.99. The van der Waals surface area contributed by atoms with Crippen LogP contribution in [0.15, 0.2) is 24.3 Å². The van der Waals surface area contributed by atoms with E-state index in [1.807, 2.05) is 18.2 Å². The number of nitrogens with zero attached hydrogens (tertiary/aromatic N) is 1. The Morgan fingerprint density at radius 1 is 1.21 bits per heavy atom. The Hall–Kier alpha value is -0.790. The number of pyridine rings is 1. The number of benzene rings is 1. The lowest BCUT2D eigenvalue weighted by Gasteiger charge is -2.25. The predicted octanol–water partition coefficient (Wildman–Crippen LogP) is 3.72. The van der Waals surface area contributed by atoms with E-state index in [0.29, 0.717) is 5.15 Å². The first kappa shape index (κ1) is 8.51. The van der Waals surface area contributed by atoms with Crippen molar-refractivity contribution in [1.82, 2.24) is 4.98 Å². The molecule has 0 saturated heterocycles. The lowest BCUT2D eigenvalue weighted by molar-refractivity contribution is 0.771. The van der Waals surface area contributed by atoms with Crippen molar-refractivity contribution >= 4 is 34.0 Å². The standard InChI is InChI=1S/C11H7Cl2N/c12-8-5-9-10(8)6-3-1-2-4-7(6)11(13)14-9/h1-4,8H,5H2/t8-/m1/s1. The molecule has 1 aliphatic rings. The average Bonchev–Trinajstić information content (AvgIpc) is 2.16. The van der Waals surface area contributed by atoms with Gasteiger partial charge >= 0.3 is 0 Å². The smallest absolute Gasteiger partial charge is 0.137 e. The fraction of sp³-hybridized carbons (Fsp3) is 0.182. The molecule has 3 rings (SSSR count). The summed E-state index contributed by atoms with van der Waals surface area (Å²) in [6.45, 7) is 0. The molecule has 1 aliphatic carbocycles. The zero-order valence-corrected chi connectivity index (χ0v) is 8.81. The first-order valence-electron chi connectivity index (χ1n) is 4.48. The summed E-state index contributed by atoms with van der Waals surface area (Å²) in [5, 5.41) is 2.84. The van der Waals surface area contributed by atoms with Crippen molar-refractivity contribution in [2.75, 3.05) is 0 Å². The van der Waals surface area contributed by atoms with Gasteiger partial charge in [0.2, 0.25) is 0 Å². The second kappa shape index (κ2) is 2.85. The third-order valence-corrected chi connectivity index (χ3v) is 3.33. The number of hydrogen-bond donors (Lipinski definition) is 0. The van der Waals surface area contributed by atoms with Crippen molar-refractivity contribution < 1.29 is 0 Å². The highest BCUT2D eigenvalue weighted by Crippen LogP contribution is 2.43. The molecule has 0 fully saturated rings. The third kappa shape index (κ3) is 0.999. The molecule has 0 unspecified atom stereocenters. The second-order valence-electron chi connectivity index (χ2n) is 3.48. The van der Waals surface area contributed by atoms with Crippen LogP contribution < -0.4 is 0 Å². The maximum atomic E-state index is 6.13. The van der Waals surface area contributed by atoms with E-state index in [2.05, 4.69) is 11.1 Å². The number of aromatic nitrogens is 1. The lowest BCUT2D eigenvalue weighted by atomic mass is 9.89. The summed E-state index contributed by atoms with van der Waals surface area (Å²) in [6.07, 6.45) is 0.835. The van der Waals surface area contributed by atoms with Crippen molar-refractivity contribution in [3.05, 3.63) is 40.7 Å². The Morgan fingerprint density at radius 2 is 1.93 bits per heavy atom. The molecular formula is C11H7Cl2N. The van der Waals surface area contributed by atoms with E-state index >= 15 is 0 Å². The van der Waals surface area contributed by atoms with E-state index in [1.54, 1.807) is 0 Å². The molecule has 1 atom stereocenters. The Morgan fingerprint density at radius 3 is 2.64 bits per heavy atom. The van der Waals surface area contributed by atoms with Crippen LogP contribution in [0.3, 0.4) is 0 Å². The third-order valence-electron chi connectivity index (χ3n) is 2.67. The Balaban J connectivity index is 2.47. The quantitative estimate of drug-likeness (QED) is 0.490. The molecule has 1 aromatic carbocycles. The van der Waals surface area contributed by atoms with Gasteiger partial charge in [-0.3, -0.25) is 0 Å². The second-order valence-corrected chi connectivity index (χ2v) is 4.37. The van der Waals surface area contributed by atoms with E-state index in [9.17, 15) is 0 Å². The Labute approximate surface area is 91.7 Å². The molecule has 0 aliphatic heterocycles. The first-order valence-corrected chi connectivity index (χ1v) is 5.30. The summed E-state index contributed by atoms with van der Waals surface area (Å²) in [4.78, 5) is 4.32. The molecule has 3 heteroatoms. The van der Waals surface area contributed by atoms with Gasteiger partial charge in [-0.2, -0.15) is 0 Å². The largest absolute Gasteiger partial charge is 0.240 e. The maximum absolute atomic E-state index is 6.13. The maximum Gasteiger partial charge on any atom is 0.137 e. The molecule has 0 spiro atoms. The van der Waals surface area contributed by atoms with Crippen LogP contribution >= 0.6 is 23.2 Å². The highest BCUT2D eigenvalue weighted by atomic mass is 35.5. The minimum absolute atomic E-state index is 0.111. The van der Waals surface area contributed by atoms with E-state index in [-0.39, 0.29) is 5.38 Å². The van der Waals surface area contributed by atoms with Crippen LogP contribution in [0.2, 0.25) is 5.15 Å². The summed E-state index contributed by atoms with van der Waals surface area (Å²) in [5.74, 6) is 0. The zero-order valence-electron chi connectivity index (χ0n) is 7.30. The molecule has 1 nitrogen and oxygen atoms in total. The van der Waals surface area contributed by atoms with E-state index in [0.717, 1.165) is 28.5 Å². The molecule has 70 valence electrons. The van der Waals surface area contributed by atoms with Crippen molar-refractivity contribution in [3.63, 3.8) is 0 Å². The molecule has 14 heavy (non-hydrogen) atoms. The van der Waals surface area contributed by atoms with Crippen molar-refractivity contribution in [1.29, 1.82) is 0 Å². The minimum Gasteiger partial charge on any atom is -0.240 e. The minimum atomic E-state index is 0.111. The monoisotopic (exact) mass is 223 g/mol. The van der Waals surface area contributed by atoms with Gasteiger partial charge < -0.3 is 0 Å². The van der Waals surface area contributed by atoms with Gasteiger partial charge in [0.15, 0.2) is 0 Å². The topological polar surface area (TPSA) is 12.9 Å². The van der Waals surface area contributed by atoms with Crippen LogP contribution in [-0.2, 0) is 6.42 Å². The van der Waals surface area contributed by atoms with Gasteiger partial charge in [0, 0.05) is 17.5 Å². The number of hydrogen-bond acceptors (Lipinski definition) is 1. The molecule has 0 bridgehead atoms. The molecule has 0 saturated carbocycles. The molecule has 0 radical (unpaired) electrons. The predicted molar refractivity (Wildman–Crippen MR) is 59.1 cm³/mol. The molecular weight excluding hydrogens is 217 g/mol. The normalized spacial score (nSPS) is 19.1. The average molecular weight is 224 g/mol. The van der Waals surface area contributed by atoms with Gasteiger partial charge in [-0.05, 0) is 10.9 Å². The Bertz CT molecular complexity index is 522. The van der Waals surface area contributed by atoms with Gasteiger partial charge in [0.1, 0.15) is 5.15 Å². The fourth-order valence-corrected chi connectivity index (χ4v) is 2.59. The molecule has 1 aromatic heterocycles.